The lowest BCUT2D eigenvalue weighted by atomic mass is 10.0. The van der Waals surface area contributed by atoms with Crippen molar-refractivity contribution in [3.8, 4) is 0 Å². The van der Waals surface area contributed by atoms with Crippen LogP contribution in [0.2, 0.25) is 0 Å². The summed E-state index contributed by atoms with van der Waals surface area (Å²) < 4.78 is 0. The quantitative estimate of drug-likeness (QED) is 0.794. The van der Waals surface area contributed by atoms with Crippen LogP contribution in [0.25, 0.3) is 0 Å². The normalized spacial score (nSPS) is 21.0. The minimum Gasteiger partial charge on any atom is -0.480 e. The lowest BCUT2D eigenvalue weighted by molar-refractivity contribution is -0.149. The van der Waals surface area contributed by atoms with E-state index < -0.39 is 12.0 Å². The predicted molar refractivity (Wildman–Crippen MR) is 59.7 cm³/mol. The van der Waals surface area contributed by atoms with Crippen molar-refractivity contribution in [2.24, 2.45) is 5.92 Å². The maximum Gasteiger partial charge on any atom is 0.327 e. The molecule has 0 spiro atoms. The van der Waals surface area contributed by atoms with Gasteiger partial charge in [-0.3, -0.25) is 4.79 Å². The minimum atomic E-state index is -0.890. The van der Waals surface area contributed by atoms with E-state index in [9.17, 15) is 9.59 Å². The van der Waals surface area contributed by atoms with Gasteiger partial charge in [0.15, 0.2) is 0 Å². The molecule has 1 amide bonds. The Bertz CT molecular complexity index is 253. The number of thioether (sulfide) groups is 1. The Hall–Kier alpha value is -0.710. The highest BCUT2D eigenvalue weighted by Gasteiger charge is 2.36. The topological polar surface area (TPSA) is 57.6 Å². The molecule has 1 N–H and O–H groups in total. The van der Waals surface area contributed by atoms with Crippen molar-refractivity contribution >= 4 is 23.6 Å². The molecule has 1 rings (SSSR count). The first-order valence-corrected chi connectivity index (χ1v) is 6.38. The molecule has 0 aromatic rings. The van der Waals surface area contributed by atoms with E-state index in [2.05, 4.69) is 0 Å². The summed E-state index contributed by atoms with van der Waals surface area (Å²) in [6, 6.07) is -0.622. The molecule has 1 aliphatic rings. The van der Waals surface area contributed by atoms with E-state index in [1.165, 1.54) is 16.7 Å². The molecule has 1 aliphatic heterocycles. The van der Waals surface area contributed by atoms with Crippen molar-refractivity contribution in [2.45, 2.75) is 32.7 Å². The third-order valence-electron chi connectivity index (χ3n) is 2.79. The second-order valence-electron chi connectivity index (χ2n) is 3.68. The van der Waals surface area contributed by atoms with Crippen LogP contribution in [0.5, 0.6) is 0 Å². The van der Waals surface area contributed by atoms with E-state index in [-0.39, 0.29) is 11.8 Å². The van der Waals surface area contributed by atoms with Crippen molar-refractivity contribution < 1.29 is 14.7 Å². The van der Waals surface area contributed by atoms with Gasteiger partial charge < -0.3 is 10.0 Å². The number of carboxylic acids is 1. The van der Waals surface area contributed by atoms with Gasteiger partial charge in [0.2, 0.25) is 5.91 Å². The van der Waals surface area contributed by atoms with Gasteiger partial charge in [-0.2, -0.15) is 0 Å². The molecule has 0 saturated carbocycles. The molecule has 86 valence electrons. The number of nitrogens with zero attached hydrogens (tertiary/aromatic N) is 1. The summed E-state index contributed by atoms with van der Waals surface area (Å²) in [5, 5.41) is 8.95. The van der Waals surface area contributed by atoms with Crippen LogP contribution in [0.1, 0.15) is 26.7 Å². The average molecular weight is 231 g/mol. The van der Waals surface area contributed by atoms with Gasteiger partial charge in [-0.25, -0.2) is 4.79 Å². The van der Waals surface area contributed by atoms with E-state index in [0.29, 0.717) is 11.6 Å². The van der Waals surface area contributed by atoms with E-state index in [1.54, 1.807) is 0 Å². The summed E-state index contributed by atoms with van der Waals surface area (Å²) in [4.78, 5) is 24.4. The molecule has 1 unspecified atom stereocenters. The summed E-state index contributed by atoms with van der Waals surface area (Å²) in [7, 11) is 0. The standard InChI is InChI=1S/C10H17NO3S/c1-3-7(4-2)9(12)11-6-15-5-8(11)10(13)14/h7-8H,3-6H2,1-2H3,(H,13,14). The molecule has 0 aromatic carbocycles. The monoisotopic (exact) mass is 231 g/mol. The van der Waals surface area contributed by atoms with Crippen LogP contribution in [0, 0.1) is 5.92 Å². The number of rotatable bonds is 4. The second-order valence-corrected chi connectivity index (χ2v) is 4.68. The third-order valence-corrected chi connectivity index (χ3v) is 3.80. The third kappa shape index (κ3) is 2.65. The Morgan fingerprint density at radius 2 is 2.07 bits per heavy atom. The fraction of sp³-hybridized carbons (Fsp3) is 0.800. The zero-order chi connectivity index (χ0) is 11.4. The molecular weight excluding hydrogens is 214 g/mol. The van der Waals surface area contributed by atoms with E-state index in [0.717, 1.165) is 12.8 Å². The van der Waals surface area contributed by atoms with Gasteiger partial charge in [0.1, 0.15) is 6.04 Å². The van der Waals surface area contributed by atoms with Crippen molar-refractivity contribution in [1.82, 2.24) is 4.90 Å². The van der Waals surface area contributed by atoms with Crippen LogP contribution in [-0.2, 0) is 9.59 Å². The Balaban J connectivity index is 2.69. The van der Waals surface area contributed by atoms with Crippen LogP contribution in [0.4, 0.5) is 0 Å². The van der Waals surface area contributed by atoms with Gasteiger partial charge in [0.25, 0.3) is 0 Å². The van der Waals surface area contributed by atoms with Crippen LogP contribution in [0.3, 0.4) is 0 Å². The Labute approximate surface area is 94.0 Å². The molecule has 1 saturated heterocycles. The highest BCUT2D eigenvalue weighted by atomic mass is 32.2. The second kappa shape index (κ2) is 5.39. The zero-order valence-electron chi connectivity index (χ0n) is 9.10. The van der Waals surface area contributed by atoms with Gasteiger partial charge in [-0.1, -0.05) is 13.8 Å². The van der Waals surface area contributed by atoms with E-state index >= 15 is 0 Å². The maximum atomic E-state index is 12.0. The van der Waals surface area contributed by atoms with Crippen molar-refractivity contribution in [3.63, 3.8) is 0 Å². The fourth-order valence-corrected chi connectivity index (χ4v) is 2.89. The lowest BCUT2D eigenvalue weighted by Gasteiger charge is -2.24. The summed E-state index contributed by atoms with van der Waals surface area (Å²) in [6.07, 6.45) is 1.56. The van der Waals surface area contributed by atoms with Gasteiger partial charge >= 0.3 is 5.97 Å². The molecule has 1 atom stereocenters. The average Bonchev–Trinajstić information content (AvgIpc) is 2.67. The molecule has 15 heavy (non-hydrogen) atoms. The van der Waals surface area contributed by atoms with E-state index in [4.69, 9.17) is 5.11 Å². The van der Waals surface area contributed by atoms with Crippen LogP contribution >= 0.6 is 11.8 Å². The Morgan fingerprint density at radius 1 is 1.47 bits per heavy atom. The first-order valence-electron chi connectivity index (χ1n) is 5.22. The number of carboxylic acid groups (broad SMARTS) is 1. The number of carbonyl (C=O) groups excluding carboxylic acids is 1. The Kier molecular flexibility index (Phi) is 4.45. The van der Waals surface area contributed by atoms with Gasteiger partial charge in [-0.15, -0.1) is 11.8 Å². The molecule has 1 heterocycles. The predicted octanol–water partition coefficient (Wildman–Crippen LogP) is 1.41. The van der Waals surface area contributed by atoms with Crippen LogP contribution in [-0.4, -0.2) is 39.6 Å². The van der Waals surface area contributed by atoms with Crippen molar-refractivity contribution in [1.29, 1.82) is 0 Å². The highest BCUT2D eigenvalue weighted by Crippen LogP contribution is 2.24. The van der Waals surface area contributed by atoms with Crippen molar-refractivity contribution in [2.75, 3.05) is 11.6 Å². The van der Waals surface area contributed by atoms with E-state index in [1.807, 2.05) is 13.8 Å². The molecule has 0 aromatic heterocycles. The SMILES string of the molecule is CCC(CC)C(=O)N1CSCC1C(=O)O. The Morgan fingerprint density at radius 3 is 2.53 bits per heavy atom. The molecule has 4 nitrogen and oxygen atoms in total. The number of hydrogen-bond donors (Lipinski definition) is 1. The molecule has 0 radical (unpaired) electrons. The number of carbonyl (C=O) groups is 2. The fourth-order valence-electron chi connectivity index (χ4n) is 1.74. The lowest BCUT2D eigenvalue weighted by Crippen LogP contribution is -2.44. The minimum absolute atomic E-state index is 0.00241. The molecule has 5 heteroatoms. The summed E-state index contributed by atoms with van der Waals surface area (Å²) in [5.74, 6) is 0.121. The largest absolute Gasteiger partial charge is 0.480 e. The summed E-state index contributed by atoms with van der Waals surface area (Å²) >= 11 is 1.51. The van der Waals surface area contributed by atoms with Gasteiger partial charge in [0, 0.05) is 11.7 Å². The zero-order valence-corrected chi connectivity index (χ0v) is 9.92. The van der Waals surface area contributed by atoms with Crippen molar-refractivity contribution in [3.05, 3.63) is 0 Å². The first-order chi connectivity index (χ1) is 7.11. The number of hydrogen-bond acceptors (Lipinski definition) is 3. The van der Waals surface area contributed by atoms with Crippen LogP contribution in [0.15, 0.2) is 0 Å². The van der Waals surface area contributed by atoms with Gasteiger partial charge in [0.05, 0.1) is 5.88 Å². The summed E-state index contributed by atoms with van der Waals surface area (Å²) in [6.45, 7) is 3.93. The number of aliphatic carboxylic acids is 1. The first kappa shape index (κ1) is 12.4. The van der Waals surface area contributed by atoms with Gasteiger partial charge in [-0.05, 0) is 12.8 Å². The number of amides is 1. The highest BCUT2D eigenvalue weighted by molar-refractivity contribution is 7.99. The molecular formula is C10H17NO3S. The molecule has 0 aliphatic carbocycles. The molecule has 1 fully saturated rings. The molecule has 0 bridgehead atoms. The smallest absolute Gasteiger partial charge is 0.327 e. The maximum absolute atomic E-state index is 12.0. The summed E-state index contributed by atoms with van der Waals surface area (Å²) in [5.41, 5.74) is 0. The van der Waals surface area contributed by atoms with Crippen LogP contribution < -0.4 is 0 Å².